The molecule has 0 radical (unpaired) electrons. The standard InChI is InChI=1S/C54H32N6/c55-33-35-23-26-37(27-24-35)39-12-1-3-14-41(39)43-16-5-6-17-44(43)42-15-4-2-13-40(42)38-31-52(59-49-21-9-8-19-46(49)48-30-36(34-56)25-28-51(48)59)58-53(32-38)60-50-22-10-7-18-45(50)47-20-11-29-57-54(47)60/h1-32H. The first-order valence-electron chi connectivity index (χ1n) is 19.8. The Kier molecular flexibility index (Phi) is 8.15. The molecule has 0 saturated heterocycles. The summed E-state index contributed by atoms with van der Waals surface area (Å²) in [5.41, 5.74) is 13.6. The number of hydrogen-bond acceptors (Lipinski definition) is 4. The fourth-order valence-electron chi connectivity index (χ4n) is 8.82. The van der Waals surface area contributed by atoms with E-state index in [1.807, 2.05) is 66.9 Å². The first-order valence-corrected chi connectivity index (χ1v) is 19.8. The van der Waals surface area contributed by atoms with Crippen molar-refractivity contribution in [2.75, 3.05) is 0 Å². The van der Waals surface area contributed by atoms with Gasteiger partial charge in [0.2, 0.25) is 0 Å². The molecular weight excluding hydrogens is 733 g/mol. The third-order valence-corrected chi connectivity index (χ3v) is 11.5. The largest absolute Gasteiger partial charge is 0.294 e. The molecule has 278 valence electrons. The molecule has 0 saturated carbocycles. The van der Waals surface area contributed by atoms with Crippen LogP contribution in [-0.4, -0.2) is 19.1 Å². The van der Waals surface area contributed by atoms with Crippen LogP contribution in [0.25, 0.3) is 99.9 Å². The molecule has 60 heavy (non-hydrogen) atoms. The predicted octanol–water partition coefficient (Wildman–Crippen LogP) is 13.1. The summed E-state index contributed by atoms with van der Waals surface area (Å²) in [5.74, 6) is 1.48. The number of fused-ring (bicyclic) bond motifs is 6. The summed E-state index contributed by atoms with van der Waals surface area (Å²) in [6, 6.07) is 69.0. The van der Waals surface area contributed by atoms with Crippen molar-refractivity contribution in [2.45, 2.75) is 0 Å². The topological polar surface area (TPSA) is 83.2 Å². The van der Waals surface area contributed by atoms with Crippen LogP contribution in [-0.2, 0) is 0 Å². The van der Waals surface area contributed by atoms with Crippen molar-refractivity contribution in [1.82, 2.24) is 19.1 Å². The number of nitrogens with zero attached hydrogens (tertiary/aromatic N) is 6. The Morgan fingerprint density at radius 2 is 0.833 bits per heavy atom. The van der Waals surface area contributed by atoms with Crippen LogP contribution in [0.15, 0.2) is 194 Å². The summed E-state index contributed by atoms with van der Waals surface area (Å²) in [7, 11) is 0. The zero-order valence-electron chi connectivity index (χ0n) is 32.2. The van der Waals surface area contributed by atoms with Crippen LogP contribution >= 0.6 is 0 Å². The fourth-order valence-corrected chi connectivity index (χ4v) is 8.82. The Bertz CT molecular complexity index is 3520. The zero-order valence-corrected chi connectivity index (χ0v) is 32.2. The van der Waals surface area contributed by atoms with Crippen molar-refractivity contribution in [2.24, 2.45) is 0 Å². The molecule has 0 spiro atoms. The van der Waals surface area contributed by atoms with Gasteiger partial charge in [-0.15, -0.1) is 0 Å². The van der Waals surface area contributed by atoms with Gasteiger partial charge in [0.25, 0.3) is 0 Å². The second kappa shape index (κ2) is 14.1. The number of pyridine rings is 2. The minimum Gasteiger partial charge on any atom is -0.294 e. The highest BCUT2D eigenvalue weighted by atomic mass is 15.2. The lowest BCUT2D eigenvalue weighted by Gasteiger charge is -2.19. The van der Waals surface area contributed by atoms with Crippen molar-refractivity contribution in [3.8, 4) is 68.3 Å². The molecule has 0 fully saturated rings. The number of para-hydroxylation sites is 2. The highest BCUT2D eigenvalue weighted by Gasteiger charge is 2.21. The van der Waals surface area contributed by atoms with Gasteiger partial charge in [-0.05, 0) is 111 Å². The first-order chi connectivity index (χ1) is 29.7. The Morgan fingerprint density at radius 3 is 1.47 bits per heavy atom. The van der Waals surface area contributed by atoms with Gasteiger partial charge in [0.1, 0.15) is 17.3 Å². The van der Waals surface area contributed by atoms with Gasteiger partial charge in [-0.2, -0.15) is 10.5 Å². The molecule has 4 heterocycles. The van der Waals surface area contributed by atoms with Gasteiger partial charge in [-0.3, -0.25) is 9.13 Å². The Morgan fingerprint density at radius 1 is 0.367 bits per heavy atom. The molecule has 4 aromatic heterocycles. The number of rotatable bonds is 6. The Hall–Kier alpha value is -8.58. The summed E-state index contributed by atoms with van der Waals surface area (Å²) < 4.78 is 4.38. The van der Waals surface area contributed by atoms with Gasteiger partial charge in [-0.1, -0.05) is 121 Å². The lowest BCUT2D eigenvalue weighted by molar-refractivity contribution is 1.00. The molecule has 11 rings (SSSR count). The maximum Gasteiger partial charge on any atom is 0.146 e. The van der Waals surface area contributed by atoms with E-state index in [9.17, 15) is 10.5 Å². The van der Waals surface area contributed by atoms with Crippen LogP contribution in [0.2, 0.25) is 0 Å². The molecule has 0 aliphatic heterocycles. The summed E-state index contributed by atoms with van der Waals surface area (Å²) in [6.45, 7) is 0. The summed E-state index contributed by atoms with van der Waals surface area (Å²) in [6.07, 6.45) is 1.84. The van der Waals surface area contributed by atoms with Crippen LogP contribution in [0.4, 0.5) is 0 Å². The SMILES string of the molecule is N#Cc1ccc(-c2ccccc2-c2ccccc2-c2ccccc2-c2cc(-n3c4ccccc4c4cc(C#N)ccc43)nc(-n3c4ccccc4c4cccnc43)c2)cc1. The van der Waals surface area contributed by atoms with E-state index in [1.54, 1.807) is 0 Å². The second-order valence-corrected chi connectivity index (χ2v) is 14.8. The zero-order chi connectivity index (χ0) is 40.2. The Labute approximate surface area is 345 Å². The van der Waals surface area contributed by atoms with Crippen molar-refractivity contribution in [3.05, 3.63) is 205 Å². The van der Waals surface area contributed by atoms with Crippen LogP contribution < -0.4 is 0 Å². The highest BCUT2D eigenvalue weighted by Crippen LogP contribution is 2.43. The van der Waals surface area contributed by atoms with E-state index < -0.39 is 0 Å². The monoisotopic (exact) mass is 764 g/mol. The first kappa shape index (κ1) is 34.7. The number of aromatic nitrogens is 4. The van der Waals surface area contributed by atoms with E-state index in [2.05, 4.69) is 149 Å². The lowest BCUT2D eigenvalue weighted by atomic mass is 9.86. The molecule has 6 heteroatoms. The smallest absolute Gasteiger partial charge is 0.146 e. The molecule has 0 amide bonds. The summed E-state index contributed by atoms with van der Waals surface area (Å²) >= 11 is 0. The van der Waals surface area contributed by atoms with E-state index >= 15 is 0 Å². The fraction of sp³-hybridized carbons (Fsp3) is 0. The summed E-state index contributed by atoms with van der Waals surface area (Å²) in [4.78, 5) is 10.4. The van der Waals surface area contributed by atoms with E-state index in [1.165, 1.54) is 0 Å². The van der Waals surface area contributed by atoms with Crippen LogP contribution in [0.3, 0.4) is 0 Å². The van der Waals surface area contributed by atoms with Gasteiger partial charge in [-0.25, -0.2) is 9.97 Å². The van der Waals surface area contributed by atoms with E-state index in [4.69, 9.17) is 9.97 Å². The minimum absolute atomic E-state index is 0.609. The van der Waals surface area contributed by atoms with Gasteiger partial charge in [0.15, 0.2) is 0 Å². The predicted molar refractivity (Wildman–Crippen MR) is 242 cm³/mol. The molecule has 0 N–H and O–H groups in total. The highest BCUT2D eigenvalue weighted by molar-refractivity contribution is 6.10. The molecule has 0 unspecified atom stereocenters. The maximum atomic E-state index is 9.89. The number of nitriles is 2. The van der Waals surface area contributed by atoms with Gasteiger partial charge >= 0.3 is 0 Å². The van der Waals surface area contributed by atoms with Gasteiger partial charge in [0.05, 0.1) is 39.8 Å². The molecule has 0 aliphatic carbocycles. The molecule has 0 atom stereocenters. The van der Waals surface area contributed by atoms with Crippen molar-refractivity contribution in [3.63, 3.8) is 0 Å². The quantitative estimate of drug-likeness (QED) is 0.169. The average molecular weight is 765 g/mol. The summed E-state index contributed by atoms with van der Waals surface area (Å²) in [5, 5.41) is 23.6. The molecule has 0 bridgehead atoms. The van der Waals surface area contributed by atoms with E-state index in [-0.39, 0.29) is 0 Å². The second-order valence-electron chi connectivity index (χ2n) is 14.8. The molecule has 6 nitrogen and oxygen atoms in total. The van der Waals surface area contributed by atoms with Gasteiger partial charge in [0, 0.05) is 27.7 Å². The van der Waals surface area contributed by atoms with E-state index in [0.717, 1.165) is 99.9 Å². The van der Waals surface area contributed by atoms with Crippen molar-refractivity contribution < 1.29 is 0 Å². The van der Waals surface area contributed by atoms with Crippen LogP contribution in [0.5, 0.6) is 0 Å². The molecule has 0 aliphatic rings. The lowest BCUT2D eigenvalue weighted by Crippen LogP contribution is -2.05. The molecule has 11 aromatic rings. The molecule has 7 aromatic carbocycles. The van der Waals surface area contributed by atoms with Crippen LogP contribution in [0, 0.1) is 22.7 Å². The Balaban J connectivity index is 1.19. The average Bonchev–Trinajstić information content (AvgIpc) is 3.84. The number of hydrogen-bond donors (Lipinski definition) is 0. The van der Waals surface area contributed by atoms with Crippen LogP contribution in [0.1, 0.15) is 11.1 Å². The van der Waals surface area contributed by atoms with E-state index in [0.29, 0.717) is 11.1 Å². The number of benzene rings is 7. The third-order valence-electron chi connectivity index (χ3n) is 11.5. The normalized spacial score (nSPS) is 11.3. The van der Waals surface area contributed by atoms with Crippen molar-refractivity contribution in [1.29, 1.82) is 10.5 Å². The van der Waals surface area contributed by atoms with Crippen molar-refractivity contribution >= 4 is 43.7 Å². The third kappa shape index (κ3) is 5.56. The minimum atomic E-state index is 0.609. The maximum absolute atomic E-state index is 9.89. The van der Waals surface area contributed by atoms with Gasteiger partial charge < -0.3 is 0 Å². The molecular formula is C54H32N6.